The van der Waals surface area contributed by atoms with Crippen LogP contribution in [0.1, 0.15) is 25.5 Å². The molecule has 0 fully saturated rings. The highest BCUT2D eigenvalue weighted by Gasteiger charge is 2.04. The number of nitrogens with zero attached hydrogens (tertiary/aromatic N) is 1. The van der Waals surface area contributed by atoms with Gasteiger partial charge in [0.2, 0.25) is 0 Å². The summed E-state index contributed by atoms with van der Waals surface area (Å²) in [6.07, 6.45) is 3.45. The van der Waals surface area contributed by atoms with Crippen molar-refractivity contribution in [1.82, 2.24) is 15.6 Å². The maximum Gasteiger partial charge on any atom is 0.315 e. The lowest BCUT2D eigenvalue weighted by Crippen LogP contribution is -2.35. The molecule has 0 radical (unpaired) electrons. The number of carbonyl (C=O) groups excluding carboxylic acids is 1. The molecule has 1 aromatic heterocycles. The fraction of sp³-hybridized carbons (Fsp3) is 0.455. The van der Waals surface area contributed by atoms with Crippen molar-refractivity contribution in [1.29, 1.82) is 0 Å². The maximum absolute atomic E-state index is 13.1. The first-order valence-electron chi connectivity index (χ1n) is 5.35. The van der Waals surface area contributed by atoms with Crippen molar-refractivity contribution in [3.05, 3.63) is 29.8 Å². The molecular weight excluding hydrogens is 209 g/mol. The van der Waals surface area contributed by atoms with E-state index in [9.17, 15) is 9.18 Å². The fourth-order valence-corrected chi connectivity index (χ4v) is 1.15. The zero-order valence-corrected chi connectivity index (χ0v) is 9.29. The van der Waals surface area contributed by atoms with Crippen LogP contribution in [0, 0.1) is 5.82 Å². The molecule has 2 amide bonds. The molecule has 2 N–H and O–H groups in total. The van der Waals surface area contributed by atoms with Gasteiger partial charge in [0.05, 0.1) is 12.2 Å². The van der Waals surface area contributed by atoms with Crippen molar-refractivity contribution in [3.63, 3.8) is 0 Å². The highest BCUT2D eigenvalue weighted by molar-refractivity contribution is 5.73. The van der Waals surface area contributed by atoms with Crippen LogP contribution >= 0.6 is 0 Å². The van der Waals surface area contributed by atoms with Gasteiger partial charge in [0.1, 0.15) is 5.82 Å². The molecule has 0 bridgehead atoms. The predicted molar refractivity (Wildman–Crippen MR) is 59.3 cm³/mol. The molecule has 4 nitrogen and oxygen atoms in total. The Kier molecular flexibility index (Phi) is 5.25. The largest absolute Gasteiger partial charge is 0.338 e. The van der Waals surface area contributed by atoms with E-state index in [0.29, 0.717) is 6.54 Å². The number of nitrogens with one attached hydrogen (secondary N) is 2. The topological polar surface area (TPSA) is 54.0 Å². The molecule has 16 heavy (non-hydrogen) atoms. The van der Waals surface area contributed by atoms with Gasteiger partial charge in [-0.2, -0.15) is 0 Å². The van der Waals surface area contributed by atoms with E-state index < -0.39 is 5.82 Å². The molecule has 5 heteroatoms. The Morgan fingerprint density at radius 3 is 3.00 bits per heavy atom. The molecule has 0 saturated heterocycles. The van der Waals surface area contributed by atoms with Gasteiger partial charge in [-0.15, -0.1) is 0 Å². The summed E-state index contributed by atoms with van der Waals surface area (Å²) in [6.45, 7) is 2.78. The predicted octanol–water partition coefficient (Wildman–Crippen LogP) is 1.82. The molecule has 1 rings (SSSR count). The summed E-state index contributed by atoms with van der Waals surface area (Å²) >= 11 is 0. The number of aromatic nitrogens is 1. The third kappa shape index (κ3) is 4.25. The van der Waals surface area contributed by atoms with Crippen LogP contribution in [0.5, 0.6) is 0 Å². The molecule has 0 atom stereocenters. The van der Waals surface area contributed by atoms with E-state index in [1.165, 1.54) is 18.3 Å². The van der Waals surface area contributed by atoms with Crippen LogP contribution in [0.25, 0.3) is 0 Å². The van der Waals surface area contributed by atoms with E-state index in [1.54, 1.807) is 0 Å². The number of rotatable bonds is 5. The molecule has 0 saturated carbocycles. The lowest BCUT2D eigenvalue weighted by atomic mass is 10.3. The summed E-state index contributed by atoms with van der Waals surface area (Å²) in [5, 5.41) is 5.22. The smallest absolute Gasteiger partial charge is 0.315 e. The van der Waals surface area contributed by atoms with Crippen LogP contribution in [0.2, 0.25) is 0 Å². The summed E-state index contributed by atoms with van der Waals surface area (Å²) < 4.78 is 13.1. The van der Waals surface area contributed by atoms with E-state index in [0.717, 1.165) is 12.8 Å². The number of amides is 2. The van der Waals surface area contributed by atoms with Gasteiger partial charge >= 0.3 is 6.03 Å². The molecule has 0 unspecified atom stereocenters. The number of unbranched alkanes of at least 4 members (excludes halogenated alkanes) is 1. The fourth-order valence-electron chi connectivity index (χ4n) is 1.15. The van der Waals surface area contributed by atoms with Crippen LogP contribution in [0.15, 0.2) is 18.3 Å². The Hall–Kier alpha value is -1.65. The average Bonchev–Trinajstić information content (AvgIpc) is 2.28. The Labute approximate surface area is 94.3 Å². The number of urea groups is 1. The number of carbonyl (C=O) groups is 1. The summed E-state index contributed by atoms with van der Waals surface area (Å²) in [5.41, 5.74) is 0.244. The normalized spacial score (nSPS) is 9.88. The van der Waals surface area contributed by atoms with E-state index in [1.807, 2.05) is 6.92 Å². The second kappa shape index (κ2) is 6.76. The third-order valence-electron chi connectivity index (χ3n) is 2.07. The van der Waals surface area contributed by atoms with Gasteiger partial charge in [0.25, 0.3) is 0 Å². The zero-order chi connectivity index (χ0) is 11.8. The van der Waals surface area contributed by atoms with Gasteiger partial charge in [-0.25, -0.2) is 9.18 Å². The molecule has 0 spiro atoms. The van der Waals surface area contributed by atoms with Gasteiger partial charge in [-0.1, -0.05) is 13.3 Å². The summed E-state index contributed by atoms with van der Waals surface area (Å²) in [6, 6.07) is 2.54. The van der Waals surface area contributed by atoms with Crippen LogP contribution in [-0.2, 0) is 6.54 Å². The molecule has 0 aromatic carbocycles. The highest BCUT2D eigenvalue weighted by Crippen LogP contribution is 2.01. The van der Waals surface area contributed by atoms with E-state index in [2.05, 4.69) is 15.6 Å². The van der Waals surface area contributed by atoms with Crippen molar-refractivity contribution >= 4 is 6.03 Å². The molecule has 0 aliphatic carbocycles. The van der Waals surface area contributed by atoms with E-state index in [-0.39, 0.29) is 18.3 Å². The van der Waals surface area contributed by atoms with Crippen LogP contribution < -0.4 is 10.6 Å². The second-order valence-electron chi connectivity index (χ2n) is 3.39. The summed E-state index contributed by atoms with van der Waals surface area (Å²) in [7, 11) is 0. The molecular formula is C11H16FN3O. The average molecular weight is 225 g/mol. The zero-order valence-electron chi connectivity index (χ0n) is 9.29. The lowest BCUT2D eigenvalue weighted by molar-refractivity contribution is 0.240. The van der Waals surface area contributed by atoms with Gasteiger partial charge in [-0.3, -0.25) is 4.98 Å². The lowest BCUT2D eigenvalue weighted by Gasteiger charge is -2.06. The molecule has 0 aliphatic heterocycles. The number of halogens is 1. The number of pyridine rings is 1. The molecule has 1 aromatic rings. The number of hydrogen-bond donors (Lipinski definition) is 2. The van der Waals surface area contributed by atoms with Crippen LogP contribution in [0.3, 0.4) is 0 Å². The second-order valence-corrected chi connectivity index (χ2v) is 3.39. The molecule has 0 aliphatic rings. The first-order valence-corrected chi connectivity index (χ1v) is 5.35. The van der Waals surface area contributed by atoms with Gasteiger partial charge in [0, 0.05) is 12.7 Å². The summed E-state index contributed by atoms with van der Waals surface area (Å²) in [5.74, 6) is -0.406. The van der Waals surface area contributed by atoms with E-state index in [4.69, 9.17) is 0 Å². The first kappa shape index (κ1) is 12.4. The van der Waals surface area contributed by atoms with Crippen molar-refractivity contribution in [2.24, 2.45) is 0 Å². The highest BCUT2D eigenvalue weighted by atomic mass is 19.1. The quantitative estimate of drug-likeness (QED) is 0.751. The monoisotopic (exact) mass is 225 g/mol. The molecule has 1 heterocycles. The van der Waals surface area contributed by atoms with Crippen molar-refractivity contribution in [2.45, 2.75) is 26.3 Å². The van der Waals surface area contributed by atoms with Gasteiger partial charge < -0.3 is 10.6 Å². The Bertz CT molecular complexity index is 344. The van der Waals surface area contributed by atoms with Crippen molar-refractivity contribution in [3.8, 4) is 0 Å². The minimum Gasteiger partial charge on any atom is -0.338 e. The first-order chi connectivity index (χ1) is 7.74. The Morgan fingerprint density at radius 2 is 2.31 bits per heavy atom. The molecule has 88 valence electrons. The standard InChI is InChI=1S/C11H16FN3O/c1-2-3-6-14-11(16)15-8-10-9(12)5-4-7-13-10/h4-5,7H,2-3,6,8H2,1H3,(H2,14,15,16). The minimum atomic E-state index is -0.406. The van der Waals surface area contributed by atoms with Crippen LogP contribution in [0.4, 0.5) is 9.18 Å². The Morgan fingerprint density at radius 1 is 1.50 bits per heavy atom. The van der Waals surface area contributed by atoms with Crippen LogP contribution in [-0.4, -0.2) is 17.6 Å². The Balaban J connectivity index is 2.29. The maximum atomic E-state index is 13.1. The third-order valence-corrected chi connectivity index (χ3v) is 2.07. The SMILES string of the molecule is CCCCNC(=O)NCc1ncccc1F. The van der Waals surface area contributed by atoms with Crippen molar-refractivity contribution in [2.75, 3.05) is 6.54 Å². The van der Waals surface area contributed by atoms with E-state index >= 15 is 0 Å². The minimum absolute atomic E-state index is 0.102. The van der Waals surface area contributed by atoms with Crippen molar-refractivity contribution < 1.29 is 9.18 Å². The number of hydrogen-bond acceptors (Lipinski definition) is 2. The van der Waals surface area contributed by atoms with Gasteiger partial charge in [0.15, 0.2) is 0 Å². The van der Waals surface area contributed by atoms with Gasteiger partial charge in [-0.05, 0) is 18.6 Å². The summed E-state index contributed by atoms with van der Waals surface area (Å²) in [4.78, 5) is 15.1.